The molecule has 0 fully saturated rings. The van der Waals surface area contributed by atoms with Gasteiger partial charge in [-0.25, -0.2) is 4.98 Å². The van der Waals surface area contributed by atoms with Crippen molar-refractivity contribution in [3.05, 3.63) is 58.7 Å². The molecule has 0 saturated heterocycles. The Morgan fingerprint density at radius 2 is 2.03 bits per heavy atom. The van der Waals surface area contributed by atoms with Crippen molar-refractivity contribution in [1.29, 1.82) is 0 Å². The second kappa shape index (κ2) is 9.16. The number of methoxy groups -OCH3 is 1. The average Bonchev–Trinajstić information content (AvgIpc) is 3.13. The molecule has 0 saturated carbocycles. The monoisotopic (exact) mass is 412 g/mol. The van der Waals surface area contributed by atoms with Crippen LogP contribution < -0.4 is 20.5 Å². The number of thiazole rings is 1. The number of carbonyl (C=O) groups is 2. The van der Waals surface area contributed by atoms with Crippen molar-refractivity contribution >= 4 is 23.2 Å². The normalized spacial score (nSPS) is 10.4. The molecular weight excluding hydrogens is 392 g/mol. The lowest BCUT2D eigenvalue weighted by Crippen LogP contribution is -2.22. The van der Waals surface area contributed by atoms with Crippen molar-refractivity contribution in [2.75, 3.05) is 13.7 Å². The number of nitrogens with one attached hydrogen (secondary N) is 1. The molecule has 2 heterocycles. The molecule has 150 valence electrons. The fourth-order valence-electron chi connectivity index (χ4n) is 2.56. The molecular formula is C20H20N4O4S. The lowest BCUT2D eigenvalue weighted by atomic mass is 10.2. The highest BCUT2D eigenvalue weighted by atomic mass is 32.1. The molecule has 3 N–H and O–H groups in total. The molecule has 8 nitrogen and oxygen atoms in total. The summed E-state index contributed by atoms with van der Waals surface area (Å²) in [5, 5.41) is 3.58. The number of nitrogens with zero attached hydrogens (tertiary/aromatic N) is 2. The lowest BCUT2D eigenvalue weighted by Gasteiger charge is -2.11. The van der Waals surface area contributed by atoms with Gasteiger partial charge in [-0.2, -0.15) is 0 Å². The molecule has 2 amide bonds. The number of carbonyl (C=O) groups excluding carboxylic acids is 2. The quantitative estimate of drug-likeness (QED) is 0.586. The third-order valence-corrected chi connectivity index (χ3v) is 5.12. The van der Waals surface area contributed by atoms with Crippen molar-refractivity contribution < 1.29 is 19.1 Å². The first-order chi connectivity index (χ1) is 14.0. The number of aromatic nitrogens is 2. The molecule has 0 unspecified atom stereocenters. The van der Waals surface area contributed by atoms with Crippen LogP contribution in [-0.2, 0) is 11.3 Å². The van der Waals surface area contributed by atoms with Crippen LogP contribution in [0.25, 0.3) is 10.7 Å². The molecule has 0 aliphatic heterocycles. The number of rotatable bonds is 8. The maximum atomic E-state index is 12.6. The summed E-state index contributed by atoms with van der Waals surface area (Å²) in [5.74, 6) is 0.0627. The van der Waals surface area contributed by atoms with E-state index in [2.05, 4.69) is 15.3 Å². The highest BCUT2D eigenvalue weighted by Crippen LogP contribution is 2.29. The molecule has 0 atom stereocenters. The molecule has 2 aromatic heterocycles. The Morgan fingerprint density at radius 3 is 2.72 bits per heavy atom. The van der Waals surface area contributed by atoms with E-state index in [1.165, 1.54) is 18.4 Å². The van der Waals surface area contributed by atoms with Gasteiger partial charge in [0.25, 0.3) is 11.8 Å². The van der Waals surface area contributed by atoms with Crippen LogP contribution in [-0.4, -0.2) is 35.5 Å². The van der Waals surface area contributed by atoms with Gasteiger partial charge in [0.15, 0.2) is 18.1 Å². The van der Waals surface area contributed by atoms with Crippen molar-refractivity contribution in [3.63, 3.8) is 0 Å². The summed E-state index contributed by atoms with van der Waals surface area (Å²) in [6, 6.07) is 10.7. The highest BCUT2D eigenvalue weighted by molar-refractivity contribution is 7.17. The summed E-state index contributed by atoms with van der Waals surface area (Å²) < 4.78 is 10.6. The number of hydrogen-bond acceptors (Lipinski definition) is 7. The first-order valence-electron chi connectivity index (χ1n) is 8.73. The van der Waals surface area contributed by atoms with Gasteiger partial charge in [0, 0.05) is 12.7 Å². The SMILES string of the molecule is COc1cc(CNC(=O)c2sc(-c3ccccn3)nc2C)ccc1OCC(N)=O. The fraction of sp³-hybridized carbons (Fsp3) is 0.200. The maximum absolute atomic E-state index is 12.6. The van der Waals surface area contributed by atoms with Gasteiger partial charge in [-0.3, -0.25) is 14.6 Å². The Bertz CT molecular complexity index is 1020. The zero-order valence-corrected chi connectivity index (χ0v) is 16.8. The number of aryl methyl sites for hydroxylation is 1. The molecule has 0 bridgehead atoms. The Morgan fingerprint density at radius 1 is 1.21 bits per heavy atom. The van der Waals surface area contributed by atoms with Crippen LogP contribution in [0, 0.1) is 6.92 Å². The third-order valence-electron chi connectivity index (χ3n) is 3.94. The summed E-state index contributed by atoms with van der Waals surface area (Å²) >= 11 is 1.30. The number of benzene rings is 1. The van der Waals surface area contributed by atoms with Crippen molar-refractivity contribution in [2.24, 2.45) is 5.73 Å². The Labute approximate surface area is 171 Å². The Kier molecular flexibility index (Phi) is 6.40. The number of ether oxygens (including phenoxy) is 2. The van der Waals surface area contributed by atoms with Crippen LogP contribution in [0.4, 0.5) is 0 Å². The average molecular weight is 412 g/mol. The topological polar surface area (TPSA) is 116 Å². The molecule has 0 aliphatic carbocycles. The van der Waals surface area contributed by atoms with Gasteiger partial charge in [-0.1, -0.05) is 12.1 Å². The first-order valence-corrected chi connectivity index (χ1v) is 9.54. The fourth-order valence-corrected chi connectivity index (χ4v) is 3.52. The van der Waals surface area contributed by atoms with Gasteiger partial charge in [-0.05, 0) is 36.8 Å². The Hall–Kier alpha value is -3.46. The van der Waals surface area contributed by atoms with E-state index in [0.29, 0.717) is 33.6 Å². The summed E-state index contributed by atoms with van der Waals surface area (Å²) in [7, 11) is 1.49. The number of amides is 2. The van der Waals surface area contributed by atoms with E-state index in [0.717, 1.165) is 11.3 Å². The maximum Gasteiger partial charge on any atom is 0.263 e. The molecule has 0 spiro atoms. The number of nitrogens with two attached hydrogens (primary N) is 1. The van der Waals surface area contributed by atoms with Gasteiger partial charge in [0.1, 0.15) is 9.88 Å². The smallest absolute Gasteiger partial charge is 0.263 e. The van der Waals surface area contributed by atoms with E-state index in [9.17, 15) is 9.59 Å². The minimum atomic E-state index is -0.576. The van der Waals surface area contributed by atoms with E-state index >= 15 is 0 Å². The molecule has 0 radical (unpaired) electrons. The van der Waals surface area contributed by atoms with Crippen LogP contribution in [0.1, 0.15) is 20.9 Å². The van der Waals surface area contributed by atoms with Gasteiger partial charge in [0.05, 0.1) is 18.5 Å². The number of hydrogen-bond donors (Lipinski definition) is 2. The summed E-state index contributed by atoms with van der Waals surface area (Å²) in [4.78, 5) is 32.7. The zero-order valence-electron chi connectivity index (χ0n) is 16.0. The molecule has 29 heavy (non-hydrogen) atoms. The largest absolute Gasteiger partial charge is 0.493 e. The number of primary amides is 1. The van der Waals surface area contributed by atoms with E-state index in [1.54, 1.807) is 31.3 Å². The van der Waals surface area contributed by atoms with Gasteiger partial charge in [-0.15, -0.1) is 11.3 Å². The minimum Gasteiger partial charge on any atom is -0.493 e. The summed E-state index contributed by atoms with van der Waals surface area (Å²) in [6.07, 6.45) is 1.69. The standard InChI is InChI=1S/C20H20N4O4S/c1-12-18(29-20(24-12)14-5-3-4-8-22-14)19(26)23-10-13-6-7-15(16(9-13)27-2)28-11-17(21)25/h3-9H,10-11H2,1-2H3,(H2,21,25)(H,23,26). The number of pyridine rings is 1. The highest BCUT2D eigenvalue weighted by Gasteiger charge is 2.17. The van der Waals surface area contributed by atoms with Gasteiger partial charge < -0.3 is 20.5 Å². The van der Waals surface area contributed by atoms with E-state index < -0.39 is 5.91 Å². The van der Waals surface area contributed by atoms with Crippen molar-refractivity contribution in [2.45, 2.75) is 13.5 Å². The molecule has 3 rings (SSSR count). The molecule has 0 aliphatic rings. The van der Waals surface area contributed by atoms with Gasteiger partial charge >= 0.3 is 0 Å². The summed E-state index contributed by atoms with van der Waals surface area (Å²) in [6.45, 7) is 1.85. The van der Waals surface area contributed by atoms with Crippen molar-refractivity contribution in [1.82, 2.24) is 15.3 Å². The predicted octanol–water partition coefficient (Wildman–Crippen LogP) is 2.32. The van der Waals surface area contributed by atoms with Crippen LogP contribution >= 0.6 is 11.3 Å². The van der Waals surface area contributed by atoms with Crippen LogP contribution in [0.3, 0.4) is 0 Å². The second-order valence-corrected chi connectivity index (χ2v) is 7.07. The lowest BCUT2D eigenvalue weighted by molar-refractivity contribution is -0.119. The van der Waals surface area contributed by atoms with E-state index in [4.69, 9.17) is 15.2 Å². The predicted molar refractivity (Wildman–Crippen MR) is 109 cm³/mol. The van der Waals surface area contributed by atoms with Crippen LogP contribution in [0.5, 0.6) is 11.5 Å². The second-order valence-electron chi connectivity index (χ2n) is 6.07. The minimum absolute atomic E-state index is 0.213. The molecule has 1 aromatic carbocycles. The molecule has 9 heteroatoms. The zero-order chi connectivity index (χ0) is 20.8. The van der Waals surface area contributed by atoms with Crippen molar-refractivity contribution in [3.8, 4) is 22.2 Å². The molecule has 3 aromatic rings. The first kappa shape index (κ1) is 20.3. The third kappa shape index (κ3) is 5.08. The van der Waals surface area contributed by atoms with Crippen LogP contribution in [0.15, 0.2) is 42.6 Å². The van der Waals surface area contributed by atoms with E-state index in [1.807, 2.05) is 18.2 Å². The van der Waals surface area contributed by atoms with Gasteiger partial charge in [0.2, 0.25) is 0 Å². The summed E-state index contributed by atoms with van der Waals surface area (Å²) in [5.41, 5.74) is 7.29. The van der Waals surface area contributed by atoms with E-state index in [-0.39, 0.29) is 12.5 Å². The van der Waals surface area contributed by atoms with Crippen LogP contribution in [0.2, 0.25) is 0 Å². The Balaban J connectivity index is 1.68.